The van der Waals surface area contributed by atoms with E-state index in [1.165, 1.54) is 5.56 Å². The lowest BCUT2D eigenvalue weighted by Gasteiger charge is -2.33. The van der Waals surface area contributed by atoms with E-state index in [1.807, 2.05) is 12.1 Å². The lowest BCUT2D eigenvalue weighted by molar-refractivity contribution is 0.180. The van der Waals surface area contributed by atoms with Gasteiger partial charge in [0, 0.05) is 24.1 Å². The number of hydrogen-bond acceptors (Lipinski definition) is 3. The average Bonchev–Trinajstić information content (AvgIpc) is 2.45. The van der Waals surface area contributed by atoms with Crippen LogP contribution in [0, 0.1) is 11.8 Å². The van der Waals surface area contributed by atoms with Crippen LogP contribution in [0.15, 0.2) is 24.3 Å². The predicted molar refractivity (Wildman–Crippen MR) is 77.3 cm³/mol. The van der Waals surface area contributed by atoms with E-state index in [0.717, 1.165) is 31.7 Å². The molecule has 106 valence electrons. The Balaban J connectivity index is 2.02. The van der Waals surface area contributed by atoms with E-state index in [9.17, 15) is 0 Å². The Morgan fingerprint density at radius 3 is 2.95 bits per heavy atom. The third kappa shape index (κ3) is 3.48. The number of para-hydroxylation sites is 1. The number of aliphatic hydroxyl groups excluding tert-OH is 1. The number of nitrogens with one attached hydrogen (secondary N) is 1. The minimum Gasteiger partial charge on any atom is -0.493 e. The van der Waals surface area contributed by atoms with Gasteiger partial charge < -0.3 is 15.2 Å². The average molecular weight is 263 g/mol. The quantitative estimate of drug-likeness (QED) is 0.829. The lowest BCUT2D eigenvalue weighted by Crippen LogP contribution is -2.36. The van der Waals surface area contributed by atoms with Crippen molar-refractivity contribution in [2.75, 3.05) is 19.8 Å². The lowest BCUT2D eigenvalue weighted by atomic mass is 9.91. The third-order valence-electron chi connectivity index (χ3n) is 4.07. The third-order valence-corrected chi connectivity index (χ3v) is 4.07. The monoisotopic (exact) mass is 263 g/mol. The van der Waals surface area contributed by atoms with Crippen LogP contribution < -0.4 is 10.1 Å². The van der Waals surface area contributed by atoms with Crippen LogP contribution in [0.1, 0.15) is 38.3 Å². The molecule has 0 aromatic heterocycles. The van der Waals surface area contributed by atoms with Crippen molar-refractivity contribution >= 4 is 0 Å². The molecule has 2 N–H and O–H groups in total. The van der Waals surface area contributed by atoms with E-state index in [2.05, 4.69) is 31.3 Å². The molecule has 1 aliphatic heterocycles. The minimum absolute atomic E-state index is 0.278. The maximum atomic E-state index is 9.07. The fourth-order valence-corrected chi connectivity index (χ4v) is 2.73. The summed E-state index contributed by atoms with van der Waals surface area (Å²) in [4.78, 5) is 0. The molecule has 1 aliphatic rings. The molecular weight excluding hydrogens is 238 g/mol. The highest BCUT2D eigenvalue weighted by Crippen LogP contribution is 2.35. The maximum Gasteiger partial charge on any atom is 0.124 e. The second kappa shape index (κ2) is 6.92. The van der Waals surface area contributed by atoms with E-state index < -0.39 is 0 Å². The largest absolute Gasteiger partial charge is 0.493 e. The van der Waals surface area contributed by atoms with Crippen LogP contribution in [0.2, 0.25) is 0 Å². The highest BCUT2D eigenvalue weighted by Gasteiger charge is 2.27. The van der Waals surface area contributed by atoms with Gasteiger partial charge in [0.2, 0.25) is 0 Å². The van der Waals surface area contributed by atoms with Gasteiger partial charge in [0.15, 0.2) is 0 Å². The number of aliphatic hydroxyl groups is 1. The summed E-state index contributed by atoms with van der Waals surface area (Å²) in [5, 5.41) is 12.7. The highest BCUT2D eigenvalue weighted by molar-refractivity contribution is 5.37. The van der Waals surface area contributed by atoms with Crippen LogP contribution in [-0.4, -0.2) is 24.9 Å². The molecule has 0 saturated carbocycles. The van der Waals surface area contributed by atoms with Crippen LogP contribution in [0.25, 0.3) is 0 Å². The Labute approximate surface area is 116 Å². The summed E-state index contributed by atoms with van der Waals surface area (Å²) in [5.41, 5.74) is 1.26. The Morgan fingerprint density at radius 1 is 1.42 bits per heavy atom. The van der Waals surface area contributed by atoms with Gasteiger partial charge in [-0.1, -0.05) is 38.5 Å². The van der Waals surface area contributed by atoms with Crippen molar-refractivity contribution in [3.8, 4) is 5.75 Å². The molecule has 0 bridgehead atoms. The van der Waals surface area contributed by atoms with Gasteiger partial charge in [-0.25, -0.2) is 0 Å². The molecule has 0 fully saturated rings. The summed E-state index contributed by atoms with van der Waals surface area (Å²) in [7, 11) is 0. The van der Waals surface area contributed by atoms with Crippen molar-refractivity contribution in [2.45, 2.75) is 32.7 Å². The Morgan fingerprint density at radius 2 is 2.21 bits per heavy atom. The van der Waals surface area contributed by atoms with E-state index >= 15 is 0 Å². The first-order chi connectivity index (χ1) is 9.26. The normalized spacial score (nSPS) is 23.5. The zero-order chi connectivity index (χ0) is 13.7. The minimum atomic E-state index is 0.278. The Kier molecular flexibility index (Phi) is 5.23. The Hall–Kier alpha value is -1.06. The Bertz CT molecular complexity index is 394. The number of hydrogen-bond donors (Lipinski definition) is 2. The molecular formula is C16H25NO2. The first kappa shape index (κ1) is 14.4. The molecule has 0 amide bonds. The van der Waals surface area contributed by atoms with Crippen molar-refractivity contribution in [2.24, 2.45) is 11.8 Å². The second-order valence-electron chi connectivity index (χ2n) is 5.50. The van der Waals surface area contributed by atoms with E-state index in [0.29, 0.717) is 17.9 Å². The molecule has 3 unspecified atom stereocenters. The SMILES string of the molecule is CCC(CCO)CNC1c2ccccc2OCC1C. The van der Waals surface area contributed by atoms with Gasteiger partial charge in [-0.15, -0.1) is 0 Å². The number of fused-ring (bicyclic) bond motifs is 1. The van der Waals surface area contributed by atoms with Crippen molar-refractivity contribution in [1.29, 1.82) is 0 Å². The smallest absolute Gasteiger partial charge is 0.124 e. The van der Waals surface area contributed by atoms with Gasteiger partial charge in [0.05, 0.1) is 6.61 Å². The molecule has 0 radical (unpaired) electrons. The fraction of sp³-hybridized carbons (Fsp3) is 0.625. The van der Waals surface area contributed by atoms with Crippen LogP contribution in [0.4, 0.5) is 0 Å². The zero-order valence-corrected chi connectivity index (χ0v) is 11.9. The summed E-state index contributed by atoms with van der Waals surface area (Å²) in [6.45, 7) is 6.41. The zero-order valence-electron chi connectivity index (χ0n) is 11.9. The maximum absolute atomic E-state index is 9.07. The molecule has 1 aromatic rings. The van der Waals surface area contributed by atoms with Crippen LogP contribution in [0.5, 0.6) is 5.75 Å². The molecule has 3 nitrogen and oxygen atoms in total. The van der Waals surface area contributed by atoms with Gasteiger partial charge in [-0.2, -0.15) is 0 Å². The topological polar surface area (TPSA) is 41.5 Å². The number of ether oxygens (including phenoxy) is 1. The predicted octanol–water partition coefficient (Wildman–Crippen LogP) is 2.75. The molecule has 19 heavy (non-hydrogen) atoms. The van der Waals surface area contributed by atoms with Crippen molar-refractivity contribution < 1.29 is 9.84 Å². The molecule has 1 aromatic carbocycles. The summed E-state index contributed by atoms with van der Waals surface area (Å²) in [5.74, 6) is 2.03. The van der Waals surface area contributed by atoms with Crippen molar-refractivity contribution in [3.63, 3.8) is 0 Å². The van der Waals surface area contributed by atoms with Gasteiger partial charge in [-0.05, 0) is 24.9 Å². The number of benzene rings is 1. The molecule has 3 atom stereocenters. The van der Waals surface area contributed by atoms with Crippen molar-refractivity contribution in [3.05, 3.63) is 29.8 Å². The van der Waals surface area contributed by atoms with Crippen LogP contribution in [0.3, 0.4) is 0 Å². The summed E-state index contributed by atoms with van der Waals surface area (Å²) in [6, 6.07) is 8.64. The summed E-state index contributed by atoms with van der Waals surface area (Å²) < 4.78 is 5.77. The fourth-order valence-electron chi connectivity index (χ4n) is 2.73. The van der Waals surface area contributed by atoms with Gasteiger partial charge in [0.1, 0.15) is 5.75 Å². The molecule has 3 heteroatoms. The van der Waals surface area contributed by atoms with Gasteiger partial charge in [-0.3, -0.25) is 0 Å². The van der Waals surface area contributed by atoms with E-state index in [1.54, 1.807) is 0 Å². The summed E-state index contributed by atoms with van der Waals surface area (Å²) >= 11 is 0. The molecule has 0 spiro atoms. The standard InChI is InChI=1S/C16H25NO2/c1-3-13(8-9-18)10-17-16-12(2)11-19-15-7-5-4-6-14(15)16/h4-7,12-13,16-18H,3,8-11H2,1-2H3. The highest BCUT2D eigenvalue weighted by atomic mass is 16.5. The molecule has 0 saturated heterocycles. The van der Waals surface area contributed by atoms with Crippen LogP contribution >= 0.6 is 0 Å². The number of rotatable bonds is 6. The summed E-state index contributed by atoms with van der Waals surface area (Å²) in [6.07, 6.45) is 1.98. The van der Waals surface area contributed by atoms with Gasteiger partial charge >= 0.3 is 0 Å². The molecule has 1 heterocycles. The van der Waals surface area contributed by atoms with Crippen LogP contribution in [-0.2, 0) is 0 Å². The first-order valence-electron chi connectivity index (χ1n) is 7.32. The van der Waals surface area contributed by atoms with E-state index in [-0.39, 0.29) is 6.61 Å². The van der Waals surface area contributed by atoms with Gasteiger partial charge in [0.25, 0.3) is 0 Å². The second-order valence-corrected chi connectivity index (χ2v) is 5.50. The first-order valence-corrected chi connectivity index (χ1v) is 7.32. The van der Waals surface area contributed by atoms with E-state index in [4.69, 9.17) is 9.84 Å². The van der Waals surface area contributed by atoms with Crippen molar-refractivity contribution in [1.82, 2.24) is 5.32 Å². The molecule has 0 aliphatic carbocycles. The molecule has 2 rings (SSSR count).